The van der Waals surface area contributed by atoms with E-state index in [0.29, 0.717) is 0 Å². The molecule has 0 radical (unpaired) electrons. The zero-order chi connectivity index (χ0) is 8.65. The van der Waals surface area contributed by atoms with Crippen LogP contribution in [0.25, 0.3) is 0 Å². The highest BCUT2D eigenvalue weighted by Gasteiger charge is 2.04. The summed E-state index contributed by atoms with van der Waals surface area (Å²) < 4.78 is 0. The number of rotatable bonds is 1. The van der Waals surface area contributed by atoms with E-state index in [1.165, 1.54) is 51.1 Å². The molecule has 0 nitrogen and oxygen atoms in total. The lowest BCUT2D eigenvalue weighted by molar-refractivity contribution is 0.492. The van der Waals surface area contributed by atoms with Crippen molar-refractivity contribution in [3.63, 3.8) is 0 Å². The highest BCUT2D eigenvalue weighted by Crippen LogP contribution is 2.19. The Bertz CT molecular complexity index is 129. The Kier molecular flexibility index (Phi) is 5.69. The van der Waals surface area contributed by atoms with E-state index in [9.17, 15) is 0 Å². The lowest BCUT2D eigenvalue weighted by Gasteiger charge is -2.13. The first kappa shape index (κ1) is 10.3. The van der Waals surface area contributed by atoms with Crippen molar-refractivity contribution in [3.05, 3.63) is 12.2 Å². The molecule has 1 rings (SSSR count). The predicted octanol–water partition coefficient (Wildman–Crippen LogP) is 3.78. The van der Waals surface area contributed by atoms with Crippen LogP contribution in [0.15, 0.2) is 12.2 Å². The van der Waals surface area contributed by atoms with Gasteiger partial charge in [-0.15, -0.1) is 9.24 Å². The van der Waals surface area contributed by atoms with E-state index < -0.39 is 0 Å². The fourth-order valence-corrected chi connectivity index (χ4v) is 2.22. The van der Waals surface area contributed by atoms with E-state index in [-0.39, 0.29) is 0 Å². The van der Waals surface area contributed by atoms with Gasteiger partial charge in [-0.1, -0.05) is 31.4 Å². The number of hydrogen-bond acceptors (Lipinski definition) is 0. The minimum absolute atomic E-state index is 0.935. The second-order valence-electron chi connectivity index (χ2n) is 3.80. The van der Waals surface area contributed by atoms with Gasteiger partial charge < -0.3 is 0 Å². The topological polar surface area (TPSA) is 0 Å². The van der Waals surface area contributed by atoms with Gasteiger partial charge >= 0.3 is 0 Å². The lowest BCUT2D eigenvalue weighted by atomic mass is 9.97. The first-order valence-electron chi connectivity index (χ1n) is 5.28. The Morgan fingerprint density at radius 1 is 1.08 bits per heavy atom. The molecule has 0 amide bonds. The van der Waals surface area contributed by atoms with E-state index in [1.807, 2.05) is 0 Å². The molecule has 0 spiro atoms. The van der Waals surface area contributed by atoms with Crippen LogP contribution in [-0.2, 0) is 0 Å². The smallest absolute Gasteiger partial charge is 0.0319 e. The molecule has 0 aromatic rings. The van der Waals surface area contributed by atoms with Gasteiger partial charge in [0.15, 0.2) is 0 Å². The van der Waals surface area contributed by atoms with Crippen molar-refractivity contribution >= 4 is 9.24 Å². The highest BCUT2D eigenvalue weighted by molar-refractivity contribution is 7.16. The van der Waals surface area contributed by atoms with Crippen LogP contribution in [0.2, 0.25) is 0 Å². The third kappa shape index (κ3) is 4.26. The highest BCUT2D eigenvalue weighted by atomic mass is 31.0. The third-order valence-electron chi connectivity index (χ3n) is 2.70. The van der Waals surface area contributed by atoms with E-state index in [2.05, 4.69) is 21.4 Å². The SMILES string of the molecule is PC[C@H]1C/C=C\CCCCCC1. The van der Waals surface area contributed by atoms with Crippen molar-refractivity contribution in [2.75, 3.05) is 6.16 Å². The molecule has 1 heteroatoms. The van der Waals surface area contributed by atoms with Gasteiger partial charge in [0.2, 0.25) is 0 Å². The molecule has 0 fully saturated rings. The molecule has 0 heterocycles. The van der Waals surface area contributed by atoms with Crippen molar-refractivity contribution in [2.45, 2.75) is 44.9 Å². The Morgan fingerprint density at radius 2 is 1.92 bits per heavy atom. The monoisotopic (exact) mass is 184 g/mol. The van der Waals surface area contributed by atoms with Crippen LogP contribution in [-0.4, -0.2) is 6.16 Å². The van der Waals surface area contributed by atoms with E-state index in [0.717, 1.165) is 5.92 Å². The van der Waals surface area contributed by atoms with Crippen LogP contribution in [0.3, 0.4) is 0 Å². The quantitative estimate of drug-likeness (QED) is 0.430. The molecule has 0 aromatic carbocycles. The van der Waals surface area contributed by atoms with Crippen LogP contribution >= 0.6 is 9.24 Å². The fraction of sp³-hybridized carbons (Fsp3) is 0.818. The van der Waals surface area contributed by atoms with Gasteiger partial charge in [-0.25, -0.2) is 0 Å². The van der Waals surface area contributed by atoms with Crippen molar-refractivity contribution in [1.82, 2.24) is 0 Å². The van der Waals surface area contributed by atoms with Gasteiger partial charge in [0.1, 0.15) is 0 Å². The van der Waals surface area contributed by atoms with E-state index in [1.54, 1.807) is 0 Å². The molecule has 0 aromatic heterocycles. The molecular weight excluding hydrogens is 163 g/mol. The standard InChI is InChI=1S/C11H21P/c12-10-11-8-6-4-2-1-3-5-7-9-11/h4,6,11H,1-3,5,7-10,12H2/b6-4-/t11-/m0/s1. The molecule has 0 saturated carbocycles. The minimum atomic E-state index is 0.935. The molecule has 2 atom stereocenters. The second-order valence-corrected chi connectivity index (χ2v) is 4.27. The summed E-state index contributed by atoms with van der Waals surface area (Å²) >= 11 is 0. The molecule has 1 unspecified atom stereocenters. The first-order valence-corrected chi connectivity index (χ1v) is 6.10. The Morgan fingerprint density at radius 3 is 2.75 bits per heavy atom. The zero-order valence-corrected chi connectivity index (χ0v) is 9.12. The van der Waals surface area contributed by atoms with E-state index >= 15 is 0 Å². The van der Waals surface area contributed by atoms with Crippen LogP contribution in [0, 0.1) is 5.92 Å². The average Bonchev–Trinajstić information content (AvgIpc) is 2.14. The van der Waals surface area contributed by atoms with Gasteiger partial charge in [0.25, 0.3) is 0 Å². The van der Waals surface area contributed by atoms with Crippen LogP contribution in [0.5, 0.6) is 0 Å². The van der Waals surface area contributed by atoms with Crippen molar-refractivity contribution in [1.29, 1.82) is 0 Å². The molecule has 0 aliphatic heterocycles. The summed E-state index contributed by atoms with van der Waals surface area (Å²) in [5, 5.41) is 0. The van der Waals surface area contributed by atoms with Crippen LogP contribution in [0.1, 0.15) is 44.9 Å². The third-order valence-corrected chi connectivity index (χ3v) is 3.37. The van der Waals surface area contributed by atoms with Crippen molar-refractivity contribution in [3.8, 4) is 0 Å². The molecular formula is C11H21P. The summed E-state index contributed by atoms with van der Waals surface area (Å²) in [6.07, 6.45) is 15.8. The molecule has 0 N–H and O–H groups in total. The fourth-order valence-electron chi connectivity index (χ4n) is 1.79. The first-order chi connectivity index (χ1) is 5.93. The summed E-state index contributed by atoms with van der Waals surface area (Å²) in [4.78, 5) is 0. The average molecular weight is 184 g/mol. The van der Waals surface area contributed by atoms with Crippen LogP contribution < -0.4 is 0 Å². The maximum absolute atomic E-state index is 2.88. The van der Waals surface area contributed by atoms with Gasteiger partial charge in [0, 0.05) is 0 Å². The predicted molar refractivity (Wildman–Crippen MR) is 59.5 cm³/mol. The molecule has 1 aliphatic carbocycles. The molecule has 0 bridgehead atoms. The minimum Gasteiger partial charge on any atom is -0.137 e. The number of allylic oxidation sites excluding steroid dienone is 2. The second kappa shape index (κ2) is 6.66. The maximum atomic E-state index is 2.88. The van der Waals surface area contributed by atoms with Crippen molar-refractivity contribution < 1.29 is 0 Å². The van der Waals surface area contributed by atoms with Gasteiger partial charge in [-0.05, 0) is 37.8 Å². The Balaban J connectivity index is 2.29. The Hall–Kier alpha value is 0.170. The summed E-state index contributed by atoms with van der Waals surface area (Å²) in [6.45, 7) is 0. The maximum Gasteiger partial charge on any atom is -0.0319 e. The zero-order valence-electron chi connectivity index (χ0n) is 7.97. The Labute approximate surface area is 79.0 Å². The lowest BCUT2D eigenvalue weighted by Crippen LogP contribution is -2.01. The largest absolute Gasteiger partial charge is 0.137 e. The summed E-state index contributed by atoms with van der Waals surface area (Å²) in [5.41, 5.74) is 0. The molecule has 1 aliphatic rings. The molecule has 70 valence electrons. The van der Waals surface area contributed by atoms with Crippen molar-refractivity contribution in [2.24, 2.45) is 5.92 Å². The van der Waals surface area contributed by atoms with E-state index in [4.69, 9.17) is 0 Å². The number of hydrogen-bond donors (Lipinski definition) is 0. The molecule has 12 heavy (non-hydrogen) atoms. The van der Waals surface area contributed by atoms with Gasteiger partial charge in [-0.2, -0.15) is 0 Å². The van der Waals surface area contributed by atoms with Crippen LogP contribution in [0.4, 0.5) is 0 Å². The summed E-state index contributed by atoms with van der Waals surface area (Å²) in [6, 6.07) is 0. The van der Waals surface area contributed by atoms with Gasteiger partial charge in [0.05, 0.1) is 0 Å². The summed E-state index contributed by atoms with van der Waals surface area (Å²) in [7, 11) is 2.88. The summed E-state index contributed by atoms with van der Waals surface area (Å²) in [5.74, 6) is 0.935. The molecule has 0 saturated heterocycles. The normalized spacial score (nSPS) is 29.6. The van der Waals surface area contributed by atoms with Gasteiger partial charge in [-0.3, -0.25) is 0 Å².